The summed E-state index contributed by atoms with van der Waals surface area (Å²) in [6.07, 6.45) is 0.812. The van der Waals surface area contributed by atoms with Crippen molar-refractivity contribution >= 4 is 17.3 Å². The molecular formula is C15H21ClN4O. The predicted octanol–water partition coefficient (Wildman–Crippen LogP) is 3.22. The van der Waals surface area contributed by atoms with Gasteiger partial charge >= 0.3 is 0 Å². The second-order valence-electron chi connectivity index (χ2n) is 4.74. The molecule has 0 atom stereocenters. The third-order valence-corrected chi connectivity index (χ3v) is 3.60. The number of hydrogen-bond acceptors (Lipinski definition) is 5. The van der Waals surface area contributed by atoms with Gasteiger partial charge < -0.3 is 14.7 Å². The molecule has 0 aliphatic rings. The summed E-state index contributed by atoms with van der Waals surface area (Å²) < 4.78 is 5.24. The van der Waals surface area contributed by atoms with Gasteiger partial charge in [-0.2, -0.15) is 4.98 Å². The van der Waals surface area contributed by atoms with Crippen LogP contribution in [0.15, 0.2) is 28.8 Å². The number of anilines is 1. The van der Waals surface area contributed by atoms with Gasteiger partial charge in [-0.1, -0.05) is 30.6 Å². The van der Waals surface area contributed by atoms with Gasteiger partial charge in [0.1, 0.15) is 0 Å². The fourth-order valence-corrected chi connectivity index (χ4v) is 2.13. The molecule has 1 aromatic heterocycles. The lowest BCUT2D eigenvalue weighted by Gasteiger charge is -2.16. The quantitative estimate of drug-likeness (QED) is 0.811. The summed E-state index contributed by atoms with van der Waals surface area (Å²) in [4.78, 5) is 6.73. The molecule has 2 aromatic rings. The van der Waals surface area contributed by atoms with Crippen molar-refractivity contribution in [1.29, 1.82) is 0 Å². The second kappa shape index (κ2) is 8.00. The van der Waals surface area contributed by atoms with Gasteiger partial charge in [0.2, 0.25) is 5.89 Å². The molecule has 5 nitrogen and oxygen atoms in total. The third kappa shape index (κ3) is 5.02. The van der Waals surface area contributed by atoms with E-state index in [-0.39, 0.29) is 0 Å². The molecule has 0 radical (unpaired) electrons. The topological polar surface area (TPSA) is 54.2 Å². The first-order valence-electron chi connectivity index (χ1n) is 7.24. The zero-order chi connectivity index (χ0) is 15.1. The van der Waals surface area contributed by atoms with Crippen molar-refractivity contribution in [1.82, 2.24) is 15.0 Å². The van der Waals surface area contributed by atoms with Gasteiger partial charge in [-0.15, -0.1) is 0 Å². The van der Waals surface area contributed by atoms with Crippen molar-refractivity contribution in [3.8, 4) is 0 Å². The third-order valence-electron chi connectivity index (χ3n) is 3.34. The number of halogens is 1. The Balaban J connectivity index is 1.81. The van der Waals surface area contributed by atoms with Gasteiger partial charge in [0.05, 0.1) is 6.54 Å². The van der Waals surface area contributed by atoms with Crippen LogP contribution in [0.5, 0.6) is 0 Å². The van der Waals surface area contributed by atoms with Crippen LogP contribution < -0.4 is 5.32 Å². The molecule has 0 saturated heterocycles. The molecule has 0 saturated carbocycles. The van der Waals surface area contributed by atoms with Crippen LogP contribution in [0.3, 0.4) is 0 Å². The molecule has 21 heavy (non-hydrogen) atoms. The molecule has 0 aliphatic heterocycles. The lowest BCUT2D eigenvalue weighted by molar-refractivity contribution is 0.302. The highest BCUT2D eigenvalue weighted by molar-refractivity contribution is 6.30. The molecule has 2 rings (SSSR count). The summed E-state index contributed by atoms with van der Waals surface area (Å²) in [5, 5.41) is 7.95. The largest absolute Gasteiger partial charge is 0.376 e. The number of benzene rings is 1. The molecule has 0 bridgehead atoms. The maximum atomic E-state index is 5.84. The molecule has 114 valence electrons. The first-order valence-corrected chi connectivity index (χ1v) is 7.62. The number of nitrogens with zero attached hydrogens (tertiary/aromatic N) is 3. The van der Waals surface area contributed by atoms with Crippen molar-refractivity contribution in [3.05, 3.63) is 41.0 Å². The van der Waals surface area contributed by atoms with E-state index in [1.807, 2.05) is 24.3 Å². The Hall–Kier alpha value is -1.59. The van der Waals surface area contributed by atoms with Gasteiger partial charge in [0, 0.05) is 23.7 Å². The van der Waals surface area contributed by atoms with Crippen molar-refractivity contribution in [2.75, 3.05) is 25.0 Å². The highest BCUT2D eigenvalue weighted by atomic mass is 35.5. The number of nitrogens with one attached hydrogen (secondary N) is 1. The summed E-state index contributed by atoms with van der Waals surface area (Å²) in [7, 11) is 0. The van der Waals surface area contributed by atoms with Gasteiger partial charge in [-0.3, -0.25) is 0 Å². The predicted molar refractivity (Wildman–Crippen MR) is 84.6 cm³/mol. The SMILES string of the molecule is CCN(CC)CCc1noc(CNc2ccc(Cl)cc2)n1. The highest BCUT2D eigenvalue weighted by Crippen LogP contribution is 2.14. The zero-order valence-electron chi connectivity index (χ0n) is 12.5. The second-order valence-corrected chi connectivity index (χ2v) is 5.18. The molecule has 0 amide bonds. The molecule has 1 N–H and O–H groups in total. The lowest BCUT2D eigenvalue weighted by Crippen LogP contribution is -2.25. The van der Waals surface area contributed by atoms with Gasteiger partial charge in [0.25, 0.3) is 0 Å². The molecule has 0 aliphatic carbocycles. The zero-order valence-corrected chi connectivity index (χ0v) is 13.2. The van der Waals surface area contributed by atoms with Gasteiger partial charge in [0.15, 0.2) is 5.82 Å². The normalized spacial score (nSPS) is 11.0. The van der Waals surface area contributed by atoms with E-state index in [4.69, 9.17) is 16.1 Å². The maximum absolute atomic E-state index is 5.84. The standard InChI is InChI=1S/C15H21ClN4O/c1-3-20(4-2)10-9-14-18-15(21-19-14)11-17-13-7-5-12(16)6-8-13/h5-8,17H,3-4,9-11H2,1-2H3. The fourth-order valence-electron chi connectivity index (χ4n) is 2.01. The van der Waals surface area contributed by atoms with Gasteiger partial charge in [-0.05, 0) is 37.4 Å². The first-order chi connectivity index (χ1) is 10.2. The molecule has 1 aromatic carbocycles. The lowest BCUT2D eigenvalue weighted by atomic mass is 10.3. The minimum absolute atomic E-state index is 0.514. The first kappa shape index (κ1) is 15.8. The Morgan fingerprint density at radius 3 is 2.57 bits per heavy atom. The monoisotopic (exact) mass is 308 g/mol. The van der Waals surface area contributed by atoms with E-state index in [1.165, 1.54) is 0 Å². The van der Waals surface area contributed by atoms with Crippen molar-refractivity contribution in [2.45, 2.75) is 26.8 Å². The fraction of sp³-hybridized carbons (Fsp3) is 0.467. The molecule has 0 spiro atoms. The Morgan fingerprint density at radius 2 is 1.90 bits per heavy atom. The van der Waals surface area contributed by atoms with Crippen molar-refractivity contribution in [3.63, 3.8) is 0 Å². The summed E-state index contributed by atoms with van der Waals surface area (Å²) >= 11 is 5.84. The van der Waals surface area contributed by atoms with Crippen LogP contribution in [0.25, 0.3) is 0 Å². The van der Waals surface area contributed by atoms with Crippen LogP contribution in [0.4, 0.5) is 5.69 Å². The van der Waals surface area contributed by atoms with Gasteiger partial charge in [-0.25, -0.2) is 0 Å². The maximum Gasteiger partial charge on any atom is 0.245 e. The van der Waals surface area contributed by atoms with E-state index in [2.05, 4.69) is 34.2 Å². The minimum Gasteiger partial charge on any atom is -0.376 e. The van der Waals surface area contributed by atoms with E-state index < -0.39 is 0 Å². The molecule has 6 heteroatoms. The highest BCUT2D eigenvalue weighted by Gasteiger charge is 2.07. The number of hydrogen-bond donors (Lipinski definition) is 1. The minimum atomic E-state index is 0.514. The summed E-state index contributed by atoms with van der Waals surface area (Å²) in [5.41, 5.74) is 0.974. The van der Waals surface area contributed by atoms with E-state index in [0.29, 0.717) is 12.4 Å². The Kier molecular flexibility index (Phi) is 6.02. The number of rotatable bonds is 8. The summed E-state index contributed by atoms with van der Waals surface area (Å²) in [6.45, 7) is 7.86. The van der Waals surface area contributed by atoms with Crippen molar-refractivity contribution < 1.29 is 4.52 Å². The van der Waals surface area contributed by atoms with Crippen LogP contribution in [0.2, 0.25) is 5.02 Å². The van der Waals surface area contributed by atoms with E-state index in [1.54, 1.807) is 0 Å². The number of aromatic nitrogens is 2. The van der Waals surface area contributed by atoms with Crippen LogP contribution >= 0.6 is 11.6 Å². The molecule has 0 unspecified atom stereocenters. The number of likely N-dealkylation sites (N-methyl/N-ethyl adjacent to an activating group) is 1. The Bertz CT molecular complexity index is 537. The van der Waals surface area contributed by atoms with Crippen LogP contribution in [-0.4, -0.2) is 34.7 Å². The van der Waals surface area contributed by atoms with E-state index in [9.17, 15) is 0 Å². The average molecular weight is 309 g/mol. The van der Waals surface area contributed by atoms with Crippen molar-refractivity contribution in [2.24, 2.45) is 0 Å². The van der Waals surface area contributed by atoms with Crippen LogP contribution in [0.1, 0.15) is 25.6 Å². The van der Waals surface area contributed by atoms with Crippen LogP contribution in [-0.2, 0) is 13.0 Å². The summed E-state index contributed by atoms with van der Waals surface area (Å²) in [6, 6.07) is 7.51. The van der Waals surface area contributed by atoms with E-state index in [0.717, 1.165) is 42.6 Å². The molecule has 0 fully saturated rings. The average Bonchev–Trinajstić information content (AvgIpc) is 2.96. The molecular weight excluding hydrogens is 288 g/mol. The Labute approximate surface area is 130 Å². The van der Waals surface area contributed by atoms with Crippen LogP contribution in [0, 0.1) is 0 Å². The molecule has 1 heterocycles. The smallest absolute Gasteiger partial charge is 0.245 e. The summed E-state index contributed by atoms with van der Waals surface area (Å²) in [5.74, 6) is 1.36. The van der Waals surface area contributed by atoms with E-state index >= 15 is 0 Å². The Morgan fingerprint density at radius 1 is 1.19 bits per heavy atom.